The van der Waals surface area contributed by atoms with Crippen molar-refractivity contribution in [1.82, 2.24) is 4.90 Å². The molecule has 0 spiro atoms. The Balaban J connectivity index is 1.78. The first-order chi connectivity index (χ1) is 13.0. The molecule has 0 aliphatic carbocycles. The molecular formula is C19H17N3O3S2. The van der Waals surface area contributed by atoms with E-state index in [1.807, 2.05) is 24.3 Å². The number of carbonyl (C=O) groups excluding carboxylic acids is 1. The Morgan fingerprint density at radius 2 is 2.26 bits per heavy atom. The summed E-state index contributed by atoms with van der Waals surface area (Å²) in [6, 6.07) is 9.56. The number of para-hydroxylation sites is 1. The van der Waals surface area contributed by atoms with E-state index in [1.54, 1.807) is 18.1 Å². The van der Waals surface area contributed by atoms with Gasteiger partial charge in [0.2, 0.25) is 5.91 Å². The molecule has 1 amide bonds. The van der Waals surface area contributed by atoms with Gasteiger partial charge in [0, 0.05) is 23.1 Å². The molecular weight excluding hydrogens is 382 g/mol. The molecule has 0 saturated heterocycles. The van der Waals surface area contributed by atoms with E-state index in [2.05, 4.69) is 11.4 Å². The van der Waals surface area contributed by atoms with Crippen molar-refractivity contribution in [3.63, 3.8) is 0 Å². The molecule has 1 aromatic heterocycles. The van der Waals surface area contributed by atoms with Gasteiger partial charge in [-0.2, -0.15) is 5.26 Å². The number of nitrogens with one attached hydrogen (secondary N) is 1. The summed E-state index contributed by atoms with van der Waals surface area (Å²) in [5.74, 6) is 0.344. The van der Waals surface area contributed by atoms with E-state index in [1.165, 1.54) is 17.4 Å². The Hall–Kier alpha value is -2.89. The average Bonchev–Trinajstić information content (AvgIpc) is 3.02. The summed E-state index contributed by atoms with van der Waals surface area (Å²) in [5.41, 5.74) is 2.18. The first-order valence-corrected chi connectivity index (χ1v) is 9.40. The van der Waals surface area contributed by atoms with E-state index in [0.717, 1.165) is 16.0 Å². The van der Waals surface area contributed by atoms with Crippen LogP contribution in [0.5, 0.6) is 5.75 Å². The molecule has 27 heavy (non-hydrogen) atoms. The van der Waals surface area contributed by atoms with Gasteiger partial charge in [-0.25, -0.2) is 0 Å². The minimum Gasteiger partial charge on any atom is -0.496 e. The fourth-order valence-corrected chi connectivity index (χ4v) is 4.27. The molecule has 1 aromatic carbocycles. The molecule has 2 N–H and O–H groups in total. The quantitative estimate of drug-likeness (QED) is 0.605. The van der Waals surface area contributed by atoms with Crippen LogP contribution in [0.25, 0.3) is 6.08 Å². The smallest absolute Gasteiger partial charge is 0.257 e. The van der Waals surface area contributed by atoms with Crippen LogP contribution in [0, 0.1) is 11.3 Å². The summed E-state index contributed by atoms with van der Waals surface area (Å²) < 4.78 is 5.26. The van der Waals surface area contributed by atoms with E-state index >= 15 is 0 Å². The highest BCUT2D eigenvalue weighted by Crippen LogP contribution is 2.36. The molecule has 138 valence electrons. The number of carbonyl (C=O) groups is 1. The van der Waals surface area contributed by atoms with Crippen LogP contribution in [-0.4, -0.2) is 34.7 Å². The molecule has 2 aromatic rings. The predicted molar refractivity (Wildman–Crippen MR) is 109 cm³/mol. The van der Waals surface area contributed by atoms with Gasteiger partial charge >= 0.3 is 0 Å². The van der Waals surface area contributed by atoms with E-state index < -0.39 is 0 Å². The largest absolute Gasteiger partial charge is 0.496 e. The number of rotatable bonds is 4. The maximum Gasteiger partial charge on any atom is 0.257 e. The molecule has 6 nitrogen and oxygen atoms in total. The van der Waals surface area contributed by atoms with Crippen LogP contribution in [0.1, 0.15) is 21.6 Å². The monoisotopic (exact) mass is 399 g/mol. The van der Waals surface area contributed by atoms with Crippen molar-refractivity contribution < 1.29 is 14.6 Å². The molecule has 0 bridgehead atoms. The second-order valence-corrected chi connectivity index (χ2v) is 7.31. The number of aliphatic hydroxyl groups is 1. The number of nitriles is 1. The summed E-state index contributed by atoms with van der Waals surface area (Å²) in [6.45, 7) is 0.992. The minimum atomic E-state index is -0.328. The van der Waals surface area contributed by atoms with Gasteiger partial charge in [-0.1, -0.05) is 18.2 Å². The van der Waals surface area contributed by atoms with Crippen molar-refractivity contribution in [3.05, 3.63) is 51.9 Å². The Morgan fingerprint density at radius 3 is 2.96 bits per heavy atom. The lowest BCUT2D eigenvalue weighted by atomic mass is 10.0. The molecule has 0 unspecified atom stereocenters. The van der Waals surface area contributed by atoms with Crippen LogP contribution in [0.2, 0.25) is 0 Å². The van der Waals surface area contributed by atoms with Crippen LogP contribution in [0.4, 0.5) is 5.00 Å². The fourth-order valence-electron chi connectivity index (χ4n) is 2.90. The lowest BCUT2D eigenvalue weighted by Crippen LogP contribution is -2.34. The summed E-state index contributed by atoms with van der Waals surface area (Å²) in [4.78, 5) is 14.9. The molecule has 8 heteroatoms. The SMILES string of the molecule is COc1ccccc1C=CC(=O)Nc1sc2c(c1C#N)CCN(C(O)=S)C2. The number of thiophene rings is 1. The Kier molecular flexibility index (Phi) is 5.74. The second-order valence-electron chi connectivity index (χ2n) is 5.84. The normalized spacial score (nSPS) is 13.1. The van der Waals surface area contributed by atoms with Crippen molar-refractivity contribution >= 4 is 45.7 Å². The van der Waals surface area contributed by atoms with Gasteiger partial charge in [0.15, 0.2) is 0 Å². The number of benzene rings is 1. The van der Waals surface area contributed by atoms with Gasteiger partial charge in [0.05, 0.1) is 19.2 Å². The number of nitrogens with zero attached hydrogens (tertiary/aromatic N) is 2. The van der Waals surface area contributed by atoms with E-state index in [9.17, 15) is 15.2 Å². The summed E-state index contributed by atoms with van der Waals surface area (Å²) in [6.07, 6.45) is 3.68. The summed E-state index contributed by atoms with van der Waals surface area (Å²) in [5, 5.41) is 22.2. The third-order valence-electron chi connectivity index (χ3n) is 4.23. The highest BCUT2D eigenvalue weighted by molar-refractivity contribution is 7.79. The van der Waals surface area contributed by atoms with Crippen molar-refractivity contribution in [1.29, 1.82) is 5.26 Å². The van der Waals surface area contributed by atoms with Gasteiger partial charge in [0.1, 0.15) is 16.8 Å². The molecule has 0 saturated carbocycles. The molecule has 3 rings (SSSR count). The highest BCUT2D eigenvalue weighted by Gasteiger charge is 2.26. The Bertz CT molecular complexity index is 960. The topological polar surface area (TPSA) is 85.6 Å². The number of methoxy groups -OCH3 is 1. The number of hydrogen-bond donors (Lipinski definition) is 2. The van der Waals surface area contributed by atoms with Crippen LogP contribution >= 0.6 is 23.6 Å². The lowest BCUT2D eigenvalue weighted by molar-refractivity contribution is -0.111. The van der Waals surface area contributed by atoms with Gasteiger partial charge in [-0.15, -0.1) is 11.3 Å². The minimum absolute atomic E-state index is 0.155. The first-order valence-electron chi connectivity index (χ1n) is 8.18. The van der Waals surface area contributed by atoms with Gasteiger partial charge in [-0.3, -0.25) is 4.79 Å². The van der Waals surface area contributed by atoms with Crippen molar-refractivity contribution in [2.24, 2.45) is 0 Å². The van der Waals surface area contributed by atoms with Gasteiger partial charge in [-0.05, 0) is 36.3 Å². The molecule has 1 aliphatic rings. The van der Waals surface area contributed by atoms with E-state index in [4.69, 9.17) is 17.0 Å². The third kappa shape index (κ3) is 4.10. The van der Waals surface area contributed by atoms with Crippen molar-refractivity contribution in [2.75, 3.05) is 19.0 Å². The van der Waals surface area contributed by atoms with Crippen molar-refractivity contribution in [2.45, 2.75) is 13.0 Å². The molecule has 0 fully saturated rings. The maximum absolute atomic E-state index is 12.3. The number of ether oxygens (including phenoxy) is 1. The zero-order chi connectivity index (χ0) is 19.4. The summed E-state index contributed by atoms with van der Waals surface area (Å²) >= 11 is 6.16. The number of aliphatic hydroxyl groups excluding tert-OH is 1. The number of anilines is 1. The Morgan fingerprint density at radius 1 is 1.48 bits per heavy atom. The van der Waals surface area contributed by atoms with E-state index in [0.29, 0.717) is 35.8 Å². The van der Waals surface area contributed by atoms with E-state index in [-0.39, 0.29) is 11.1 Å². The average molecular weight is 399 g/mol. The van der Waals surface area contributed by atoms with Crippen LogP contribution in [-0.2, 0) is 17.8 Å². The van der Waals surface area contributed by atoms with Crippen LogP contribution in [0.3, 0.4) is 0 Å². The standard InChI is InChI=1S/C19H17N3O3S2/c1-25-15-5-3-2-4-12(15)6-7-17(23)21-18-14(10-20)13-8-9-22(19(24)26)11-16(13)27-18/h2-7H,8-9,11H2,1H3,(H,21,23)(H,24,26). The number of hydrogen-bond acceptors (Lipinski definition) is 5. The number of amides is 1. The fraction of sp³-hybridized carbons (Fsp3) is 0.211. The van der Waals surface area contributed by atoms with Crippen LogP contribution in [0.15, 0.2) is 30.3 Å². The highest BCUT2D eigenvalue weighted by atomic mass is 32.1. The third-order valence-corrected chi connectivity index (χ3v) is 5.62. The van der Waals surface area contributed by atoms with Gasteiger partial charge in [0.25, 0.3) is 5.17 Å². The second kappa shape index (κ2) is 8.20. The molecule has 1 aliphatic heterocycles. The van der Waals surface area contributed by atoms with Crippen molar-refractivity contribution in [3.8, 4) is 11.8 Å². The summed E-state index contributed by atoms with van der Waals surface area (Å²) in [7, 11) is 1.57. The molecule has 0 atom stereocenters. The molecule has 0 radical (unpaired) electrons. The van der Waals surface area contributed by atoms with Crippen LogP contribution < -0.4 is 10.1 Å². The zero-order valence-corrected chi connectivity index (χ0v) is 16.2. The lowest BCUT2D eigenvalue weighted by Gasteiger charge is -2.25. The number of fused-ring (bicyclic) bond motifs is 1. The predicted octanol–water partition coefficient (Wildman–Crippen LogP) is 3.48. The number of thiocarbonyl (C=S) groups is 1. The molecule has 2 heterocycles. The van der Waals surface area contributed by atoms with Gasteiger partial charge < -0.3 is 20.1 Å². The maximum atomic E-state index is 12.3. The first kappa shape index (κ1) is 18.9. The Labute approximate surface area is 166 Å². The zero-order valence-electron chi connectivity index (χ0n) is 14.6.